The van der Waals surface area contributed by atoms with Gasteiger partial charge in [0.1, 0.15) is 11.6 Å². The first-order valence-electron chi connectivity index (χ1n) is 5.43. The van der Waals surface area contributed by atoms with Gasteiger partial charge in [-0.15, -0.1) is 0 Å². The van der Waals surface area contributed by atoms with Crippen LogP contribution in [0.25, 0.3) is 0 Å². The number of nitrogens with two attached hydrogens (primary N) is 1. The summed E-state index contributed by atoms with van der Waals surface area (Å²) in [4.78, 5) is 0. The van der Waals surface area contributed by atoms with Crippen LogP contribution in [0.3, 0.4) is 0 Å². The van der Waals surface area contributed by atoms with E-state index in [1.54, 1.807) is 25.1 Å². The van der Waals surface area contributed by atoms with Crippen molar-refractivity contribution >= 4 is 15.9 Å². The minimum Gasteiger partial charge on any atom is -0.318 e. The highest BCUT2D eigenvalue weighted by Crippen LogP contribution is 2.34. The van der Waals surface area contributed by atoms with Gasteiger partial charge in [0.05, 0.1) is 5.54 Å². The van der Waals surface area contributed by atoms with Crippen molar-refractivity contribution in [2.75, 3.05) is 0 Å². The van der Waals surface area contributed by atoms with Crippen LogP contribution in [0.4, 0.5) is 8.78 Å². The Bertz CT molecular complexity index is 562. The molecule has 0 amide bonds. The second-order valence-electron chi connectivity index (χ2n) is 4.28. The van der Waals surface area contributed by atoms with Crippen molar-refractivity contribution in [2.24, 2.45) is 5.73 Å². The first kappa shape index (κ1) is 13.2. The molecule has 0 fully saturated rings. The number of rotatable bonds is 2. The maximum atomic E-state index is 13.8. The van der Waals surface area contributed by atoms with E-state index < -0.39 is 17.2 Å². The molecule has 4 heteroatoms. The highest BCUT2D eigenvalue weighted by molar-refractivity contribution is 9.10. The van der Waals surface area contributed by atoms with E-state index in [1.165, 1.54) is 18.2 Å². The maximum absolute atomic E-state index is 13.8. The van der Waals surface area contributed by atoms with Crippen molar-refractivity contribution in [2.45, 2.75) is 12.5 Å². The molecule has 0 aliphatic heterocycles. The summed E-state index contributed by atoms with van der Waals surface area (Å²) in [6.07, 6.45) is 0. The molecular formula is C14H12BrF2N. The molecule has 2 aromatic rings. The molecule has 1 nitrogen and oxygen atoms in total. The zero-order chi connectivity index (χ0) is 13.3. The van der Waals surface area contributed by atoms with Gasteiger partial charge in [-0.1, -0.05) is 40.2 Å². The van der Waals surface area contributed by atoms with Gasteiger partial charge < -0.3 is 5.73 Å². The zero-order valence-electron chi connectivity index (χ0n) is 9.75. The van der Waals surface area contributed by atoms with Crippen LogP contribution in [-0.2, 0) is 5.54 Å². The summed E-state index contributed by atoms with van der Waals surface area (Å²) >= 11 is 3.35. The lowest BCUT2D eigenvalue weighted by Crippen LogP contribution is -2.36. The van der Waals surface area contributed by atoms with Crippen LogP contribution in [0, 0.1) is 11.6 Å². The summed E-state index contributed by atoms with van der Waals surface area (Å²) in [7, 11) is 0. The normalized spacial score (nSPS) is 14.3. The van der Waals surface area contributed by atoms with Crippen molar-refractivity contribution in [1.29, 1.82) is 0 Å². The lowest BCUT2D eigenvalue weighted by atomic mass is 9.85. The number of hydrogen-bond acceptors (Lipinski definition) is 1. The Labute approximate surface area is 113 Å². The quantitative estimate of drug-likeness (QED) is 0.893. The van der Waals surface area contributed by atoms with Crippen molar-refractivity contribution in [3.63, 3.8) is 0 Å². The molecule has 2 rings (SSSR count). The van der Waals surface area contributed by atoms with Crippen LogP contribution in [0.1, 0.15) is 18.1 Å². The van der Waals surface area contributed by atoms with Gasteiger partial charge in [-0.2, -0.15) is 0 Å². The minimum atomic E-state index is -1.24. The standard InChI is InChI=1S/C14H12BrF2N/c1-14(18,9-5-2-3-6-10(9)15)13-11(16)7-4-8-12(13)17/h2-8H,18H2,1H3. The van der Waals surface area contributed by atoms with E-state index in [0.717, 1.165) is 4.47 Å². The molecule has 2 N–H and O–H groups in total. The SMILES string of the molecule is CC(N)(c1ccccc1Br)c1c(F)cccc1F. The second-order valence-corrected chi connectivity index (χ2v) is 5.13. The monoisotopic (exact) mass is 311 g/mol. The summed E-state index contributed by atoms with van der Waals surface area (Å²) in [5.41, 5.74) is 5.42. The molecule has 0 saturated heterocycles. The van der Waals surface area contributed by atoms with E-state index in [2.05, 4.69) is 15.9 Å². The summed E-state index contributed by atoms with van der Waals surface area (Å²) < 4.78 is 28.4. The Balaban J connectivity index is 2.66. The van der Waals surface area contributed by atoms with E-state index >= 15 is 0 Å². The molecule has 94 valence electrons. The average Bonchev–Trinajstić information content (AvgIpc) is 2.28. The smallest absolute Gasteiger partial charge is 0.131 e. The summed E-state index contributed by atoms with van der Waals surface area (Å²) in [5.74, 6) is -1.29. The lowest BCUT2D eigenvalue weighted by molar-refractivity contribution is 0.481. The van der Waals surface area contributed by atoms with Crippen molar-refractivity contribution in [3.05, 3.63) is 69.7 Å². The van der Waals surface area contributed by atoms with E-state index in [4.69, 9.17) is 5.73 Å². The van der Waals surface area contributed by atoms with Crippen LogP contribution in [0.5, 0.6) is 0 Å². The molecule has 0 aliphatic carbocycles. The summed E-state index contributed by atoms with van der Waals surface area (Å²) in [5, 5.41) is 0. The maximum Gasteiger partial charge on any atom is 0.131 e. The molecule has 0 radical (unpaired) electrons. The molecule has 1 atom stereocenters. The van der Waals surface area contributed by atoms with Gasteiger partial charge in [-0.05, 0) is 30.7 Å². The predicted octanol–water partition coefficient (Wildman–Crippen LogP) is 3.95. The highest BCUT2D eigenvalue weighted by atomic mass is 79.9. The van der Waals surface area contributed by atoms with Crippen LogP contribution in [-0.4, -0.2) is 0 Å². The first-order valence-corrected chi connectivity index (χ1v) is 6.22. The minimum absolute atomic E-state index is 0.128. The summed E-state index contributed by atoms with van der Waals surface area (Å²) in [6.45, 7) is 1.59. The fourth-order valence-electron chi connectivity index (χ4n) is 2.01. The van der Waals surface area contributed by atoms with Gasteiger partial charge in [-0.3, -0.25) is 0 Å². The van der Waals surface area contributed by atoms with Crippen molar-refractivity contribution in [3.8, 4) is 0 Å². The fourth-order valence-corrected chi connectivity index (χ4v) is 2.71. The lowest BCUT2D eigenvalue weighted by Gasteiger charge is -2.27. The van der Waals surface area contributed by atoms with E-state index in [1.807, 2.05) is 6.07 Å². The Kier molecular flexibility index (Phi) is 3.50. The molecular weight excluding hydrogens is 300 g/mol. The number of benzene rings is 2. The molecule has 0 aromatic heterocycles. The number of hydrogen-bond donors (Lipinski definition) is 1. The third-order valence-corrected chi connectivity index (χ3v) is 3.61. The van der Waals surface area contributed by atoms with Crippen LogP contribution < -0.4 is 5.73 Å². The second kappa shape index (κ2) is 4.78. The van der Waals surface area contributed by atoms with Crippen LogP contribution in [0.2, 0.25) is 0 Å². The van der Waals surface area contributed by atoms with Gasteiger partial charge in [0, 0.05) is 10.0 Å². The Hall–Kier alpha value is -1.26. The number of halogens is 3. The van der Waals surface area contributed by atoms with Gasteiger partial charge in [0.2, 0.25) is 0 Å². The molecule has 0 bridgehead atoms. The summed E-state index contributed by atoms with van der Waals surface area (Å²) in [6, 6.07) is 10.9. The van der Waals surface area contributed by atoms with E-state index in [9.17, 15) is 8.78 Å². The average molecular weight is 312 g/mol. The Morgan fingerprint density at radius 2 is 1.56 bits per heavy atom. The van der Waals surface area contributed by atoms with E-state index in [0.29, 0.717) is 5.56 Å². The van der Waals surface area contributed by atoms with Crippen LogP contribution in [0.15, 0.2) is 46.9 Å². The first-order chi connectivity index (χ1) is 8.44. The zero-order valence-corrected chi connectivity index (χ0v) is 11.3. The third-order valence-electron chi connectivity index (χ3n) is 2.92. The molecule has 0 heterocycles. The molecule has 0 aliphatic rings. The fraction of sp³-hybridized carbons (Fsp3) is 0.143. The molecule has 18 heavy (non-hydrogen) atoms. The largest absolute Gasteiger partial charge is 0.318 e. The van der Waals surface area contributed by atoms with Gasteiger partial charge in [-0.25, -0.2) is 8.78 Å². The van der Waals surface area contributed by atoms with E-state index in [-0.39, 0.29) is 5.56 Å². The van der Waals surface area contributed by atoms with Gasteiger partial charge in [0.25, 0.3) is 0 Å². The molecule has 0 spiro atoms. The molecule has 1 unspecified atom stereocenters. The topological polar surface area (TPSA) is 26.0 Å². The van der Waals surface area contributed by atoms with Crippen molar-refractivity contribution < 1.29 is 8.78 Å². The van der Waals surface area contributed by atoms with Gasteiger partial charge >= 0.3 is 0 Å². The third kappa shape index (κ3) is 2.18. The van der Waals surface area contributed by atoms with Crippen LogP contribution >= 0.6 is 15.9 Å². The predicted molar refractivity (Wildman–Crippen MR) is 71.1 cm³/mol. The highest BCUT2D eigenvalue weighted by Gasteiger charge is 2.31. The molecule has 0 saturated carbocycles. The molecule has 2 aromatic carbocycles. The van der Waals surface area contributed by atoms with Crippen molar-refractivity contribution in [1.82, 2.24) is 0 Å². The van der Waals surface area contributed by atoms with Gasteiger partial charge in [0.15, 0.2) is 0 Å². The Morgan fingerprint density at radius 3 is 2.11 bits per heavy atom. The Morgan fingerprint density at radius 1 is 1.00 bits per heavy atom.